The highest BCUT2D eigenvalue weighted by atomic mass is 19.1. The van der Waals surface area contributed by atoms with Gasteiger partial charge in [0.05, 0.1) is 6.10 Å². The molecule has 0 saturated heterocycles. The first-order valence-electron chi connectivity index (χ1n) is 6.16. The van der Waals surface area contributed by atoms with Crippen LogP contribution in [0, 0.1) is 25.5 Å². The van der Waals surface area contributed by atoms with Crippen molar-refractivity contribution in [1.29, 1.82) is 0 Å². The number of halogens is 2. The predicted octanol–water partition coefficient (Wildman–Crippen LogP) is 3.86. The Balaban J connectivity index is 2.25. The highest BCUT2D eigenvalue weighted by Gasteiger charge is 2.14. The van der Waals surface area contributed by atoms with Crippen LogP contribution in [0.25, 0.3) is 0 Å². The van der Waals surface area contributed by atoms with E-state index in [1.54, 1.807) is 0 Å². The first-order chi connectivity index (χ1) is 8.97. The van der Waals surface area contributed by atoms with Gasteiger partial charge in [0.2, 0.25) is 0 Å². The minimum absolute atomic E-state index is 0.135. The summed E-state index contributed by atoms with van der Waals surface area (Å²) >= 11 is 0. The third-order valence-electron chi connectivity index (χ3n) is 3.22. The maximum Gasteiger partial charge on any atom is 0.129 e. The van der Waals surface area contributed by atoms with Gasteiger partial charge in [-0.05, 0) is 36.6 Å². The van der Waals surface area contributed by atoms with Crippen molar-refractivity contribution >= 4 is 0 Å². The zero-order valence-corrected chi connectivity index (χ0v) is 11.0. The summed E-state index contributed by atoms with van der Waals surface area (Å²) in [5.74, 6) is -1.23. The average molecular weight is 262 g/mol. The van der Waals surface area contributed by atoms with E-state index in [1.165, 1.54) is 12.1 Å². The van der Waals surface area contributed by atoms with Crippen molar-refractivity contribution in [2.75, 3.05) is 0 Å². The molecule has 0 bridgehead atoms. The third-order valence-corrected chi connectivity index (χ3v) is 3.22. The molecule has 100 valence electrons. The van der Waals surface area contributed by atoms with Crippen LogP contribution in [0.4, 0.5) is 8.78 Å². The molecule has 0 spiro atoms. The Morgan fingerprint density at radius 2 is 1.79 bits per heavy atom. The summed E-state index contributed by atoms with van der Waals surface area (Å²) in [6, 6.07) is 9.19. The van der Waals surface area contributed by atoms with Crippen LogP contribution in [0.3, 0.4) is 0 Å². The van der Waals surface area contributed by atoms with Crippen LogP contribution in [0.5, 0.6) is 0 Å². The van der Waals surface area contributed by atoms with Gasteiger partial charge in [0, 0.05) is 12.5 Å². The van der Waals surface area contributed by atoms with E-state index in [2.05, 4.69) is 0 Å². The molecule has 0 radical (unpaired) electrons. The number of aliphatic hydroxyl groups excluding tert-OH is 1. The molecular formula is C16H16F2O. The number of aryl methyl sites for hydroxylation is 2. The lowest BCUT2D eigenvalue weighted by Gasteiger charge is -2.15. The van der Waals surface area contributed by atoms with Crippen LogP contribution in [-0.4, -0.2) is 5.11 Å². The quantitative estimate of drug-likeness (QED) is 0.890. The van der Waals surface area contributed by atoms with E-state index in [4.69, 9.17) is 0 Å². The Morgan fingerprint density at radius 1 is 1.05 bits per heavy atom. The maximum atomic E-state index is 13.6. The summed E-state index contributed by atoms with van der Waals surface area (Å²) in [5, 5.41) is 10.2. The molecule has 0 amide bonds. The number of hydrogen-bond acceptors (Lipinski definition) is 1. The van der Waals surface area contributed by atoms with Gasteiger partial charge in [0.1, 0.15) is 11.6 Å². The minimum atomic E-state index is -0.792. The molecule has 0 aliphatic heterocycles. The molecule has 2 aromatic rings. The normalized spacial score (nSPS) is 12.5. The summed E-state index contributed by atoms with van der Waals surface area (Å²) in [6.07, 6.45) is -0.656. The zero-order valence-electron chi connectivity index (χ0n) is 11.0. The van der Waals surface area contributed by atoms with Gasteiger partial charge in [0.15, 0.2) is 0 Å². The lowest BCUT2D eigenvalue weighted by molar-refractivity contribution is 0.176. The molecule has 1 unspecified atom stereocenters. The monoisotopic (exact) mass is 262 g/mol. The van der Waals surface area contributed by atoms with Crippen LogP contribution in [0.2, 0.25) is 0 Å². The molecular weight excluding hydrogens is 246 g/mol. The third kappa shape index (κ3) is 3.18. The number of aliphatic hydroxyl groups is 1. The van der Waals surface area contributed by atoms with Crippen molar-refractivity contribution in [3.8, 4) is 0 Å². The Morgan fingerprint density at radius 3 is 2.47 bits per heavy atom. The first kappa shape index (κ1) is 13.7. The molecule has 2 rings (SSSR count). The van der Waals surface area contributed by atoms with Crippen molar-refractivity contribution in [2.45, 2.75) is 26.4 Å². The van der Waals surface area contributed by atoms with Gasteiger partial charge in [-0.3, -0.25) is 0 Å². The lowest BCUT2D eigenvalue weighted by Crippen LogP contribution is -2.06. The second kappa shape index (κ2) is 5.49. The van der Waals surface area contributed by atoms with Crippen LogP contribution in [0.1, 0.15) is 28.4 Å². The topological polar surface area (TPSA) is 20.2 Å². The van der Waals surface area contributed by atoms with Crippen molar-refractivity contribution < 1.29 is 13.9 Å². The van der Waals surface area contributed by atoms with E-state index in [-0.39, 0.29) is 6.42 Å². The molecule has 19 heavy (non-hydrogen) atoms. The van der Waals surface area contributed by atoms with Crippen molar-refractivity contribution in [3.63, 3.8) is 0 Å². The van der Waals surface area contributed by atoms with Gasteiger partial charge in [-0.1, -0.05) is 29.8 Å². The summed E-state index contributed by atoms with van der Waals surface area (Å²) in [4.78, 5) is 0. The molecule has 2 aromatic carbocycles. The van der Waals surface area contributed by atoms with E-state index in [9.17, 15) is 13.9 Å². The maximum absolute atomic E-state index is 13.6. The number of hydrogen-bond donors (Lipinski definition) is 1. The van der Waals surface area contributed by atoms with E-state index >= 15 is 0 Å². The van der Waals surface area contributed by atoms with Gasteiger partial charge in [0.25, 0.3) is 0 Å². The zero-order chi connectivity index (χ0) is 14.0. The fourth-order valence-corrected chi connectivity index (χ4v) is 2.12. The second-order valence-electron chi connectivity index (χ2n) is 4.82. The molecule has 1 nitrogen and oxygen atoms in total. The fraction of sp³-hybridized carbons (Fsp3) is 0.250. The summed E-state index contributed by atoms with van der Waals surface area (Å²) in [7, 11) is 0. The van der Waals surface area contributed by atoms with Crippen molar-refractivity contribution in [3.05, 3.63) is 70.3 Å². The average Bonchev–Trinajstić information content (AvgIpc) is 2.35. The van der Waals surface area contributed by atoms with E-state index in [1.807, 2.05) is 32.0 Å². The smallest absolute Gasteiger partial charge is 0.129 e. The van der Waals surface area contributed by atoms with Crippen LogP contribution < -0.4 is 0 Å². The molecule has 0 aliphatic carbocycles. The summed E-state index contributed by atoms with van der Waals surface area (Å²) in [6.45, 7) is 3.84. The Hall–Kier alpha value is -1.74. The molecule has 1 atom stereocenters. The summed E-state index contributed by atoms with van der Waals surface area (Å²) in [5.41, 5.74) is 3.10. The van der Waals surface area contributed by atoms with Crippen LogP contribution >= 0.6 is 0 Å². The molecule has 0 saturated carbocycles. The van der Waals surface area contributed by atoms with Crippen LogP contribution in [-0.2, 0) is 6.42 Å². The van der Waals surface area contributed by atoms with Crippen molar-refractivity contribution in [2.24, 2.45) is 0 Å². The molecule has 0 aromatic heterocycles. The SMILES string of the molecule is Cc1ccc(C)c(C(O)Cc2ccc(F)cc2F)c1. The molecule has 3 heteroatoms. The molecule has 0 aliphatic rings. The number of rotatable bonds is 3. The van der Waals surface area contributed by atoms with E-state index in [0.717, 1.165) is 22.8 Å². The van der Waals surface area contributed by atoms with Gasteiger partial charge < -0.3 is 5.11 Å². The van der Waals surface area contributed by atoms with Gasteiger partial charge in [-0.25, -0.2) is 8.78 Å². The summed E-state index contributed by atoms with van der Waals surface area (Å²) < 4.78 is 26.4. The van der Waals surface area contributed by atoms with Crippen LogP contribution in [0.15, 0.2) is 36.4 Å². The Bertz CT molecular complexity index is 593. The van der Waals surface area contributed by atoms with E-state index < -0.39 is 17.7 Å². The first-order valence-corrected chi connectivity index (χ1v) is 6.16. The lowest BCUT2D eigenvalue weighted by atomic mass is 9.96. The predicted molar refractivity (Wildman–Crippen MR) is 70.9 cm³/mol. The molecule has 0 heterocycles. The highest BCUT2D eigenvalue weighted by molar-refractivity contribution is 5.33. The number of benzene rings is 2. The largest absolute Gasteiger partial charge is 0.388 e. The molecule has 1 N–H and O–H groups in total. The van der Waals surface area contributed by atoms with Gasteiger partial charge in [-0.2, -0.15) is 0 Å². The highest BCUT2D eigenvalue weighted by Crippen LogP contribution is 2.24. The second-order valence-corrected chi connectivity index (χ2v) is 4.82. The fourth-order valence-electron chi connectivity index (χ4n) is 2.12. The van der Waals surface area contributed by atoms with Crippen molar-refractivity contribution in [1.82, 2.24) is 0 Å². The Kier molecular flexibility index (Phi) is 3.96. The van der Waals surface area contributed by atoms with Gasteiger partial charge in [-0.15, -0.1) is 0 Å². The van der Waals surface area contributed by atoms with Gasteiger partial charge >= 0.3 is 0 Å². The van der Waals surface area contributed by atoms with E-state index in [0.29, 0.717) is 5.56 Å². The Labute approximate surface area is 111 Å². The standard InChI is InChI=1S/C16H16F2O/c1-10-3-4-11(2)14(7-10)16(19)8-12-5-6-13(17)9-15(12)18/h3-7,9,16,19H,8H2,1-2H3. The minimum Gasteiger partial charge on any atom is -0.388 e. The molecule has 0 fully saturated rings.